The molecule has 0 bridgehead atoms. The summed E-state index contributed by atoms with van der Waals surface area (Å²) in [6.07, 6.45) is 10.1. The number of hydrogen-bond donors (Lipinski definition) is 1. The van der Waals surface area contributed by atoms with Crippen LogP contribution in [0.15, 0.2) is 61.2 Å². The molecule has 0 radical (unpaired) electrons. The van der Waals surface area contributed by atoms with E-state index in [9.17, 15) is 4.79 Å². The number of hydrogen-bond acceptors (Lipinski definition) is 6. The van der Waals surface area contributed by atoms with Crippen molar-refractivity contribution in [3.05, 3.63) is 77.9 Å². The van der Waals surface area contributed by atoms with Crippen LogP contribution in [0, 0.1) is 12.8 Å². The number of benzene rings is 2. The fourth-order valence-corrected chi connectivity index (χ4v) is 5.25. The third-order valence-corrected chi connectivity index (χ3v) is 7.85. The number of nitrogens with zero attached hydrogens (tertiary/aromatic N) is 5. The summed E-state index contributed by atoms with van der Waals surface area (Å²) in [5, 5.41) is 12.3. The van der Waals surface area contributed by atoms with Crippen LogP contribution in [-0.2, 0) is 18.3 Å². The summed E-state index contributed by atoms with van der Waals surface area (Å²) in [4.78, 5) is 15.5. The van der Waals surface area contributed by atoms with Crippen LogP contribution in [-0.4, -0.2) is 70.8 Å². The Bertz CT molecular complexity index is 1500. The molecule has 2 aromatic carbocycles. The molecule has 222 valence electrons. The van der Waals surface area contributed by atoms with Crippen molar-refractivity contribution in [1.29, 1.82) is 0 Å². The predicted molar refractivity (Wildman–Crippen MR) is 165 cm³/mol. The van der Waals surface area contributed by atoms with Crippen LogP contribution in [0.3, 0.4) is 0 Å². The van der Waals surface area contributed by atoms with Gasteiger partial charge in [0.2, 0.25) is 0 Å². The van der Waals surface area contributed by atoms with Crippen molar-refractivity contribution in [2.45, 2.75) is 39.3 Å². The van der Waals surface area contributed by atoms with Crippen LogP contribution < -0.4 is 10.1 Å². The molecule has 1 saturated heterocycles. The van der Waals surface area contributed by atoms with Crippen molar-refractivity contribution in [3.8, 4) is 28.0 Å². The minimum atomic E-state index is -0.233. The zero-order valence-corrected chi connectivity index (χ0v) is 25.3. The molecule has 1 aliphatic rings. The Morgan fingerprint density at radius 3 is 2.45 bits per heavy atom. The third-order valence-electron chi connectivity index (χ3n) is 7.85. The Labute approximate surface area is 248 Å². The molecule has 0 spiro atoms. The van der Waals surface area contributed by atoms with Crippen LogP contribution >= 0.6 is 0 Å². The third kappa shape index (κ3) is 7.46. The van der Waals surface area contributed by atoms with Crippen molar-refractivity contribution in [3.63, 3.8) is 0 Å². The Kier molecular flexibility index (Phi) is 9.39. The highest BCUT2D eigenvalue weighted by atomic mass is 16.5. The van der Waals surface area contributed by atoms with Gasteiger partial charge in [-0.2, -0.15) is 10.2 Å². The van der Waals surface area contributed by atoms with Crippen molar-refractivity contribution in [2.24, 2.45) is 13.0 Å². The van der Waals surface area contributed by atoms with Crippen LogP contribution in [0.2, 0.25) is 0 Å². The number of ether oxygens (including phenoxy) is 2. The summed E-state index contributed by atoms with van der Waals surface area (Å²) in [5.41, 5.74) is 6.69. The van der Waals surface area contributed by atoms with Crippen molar-refractivity contribution in [1.82, 2.24) is 29.8 Å². The summed E-state index contributed by atoms with van der Waals surface area (Å²) >= 11 is 0. The molecule has 9 heteroatoms. The quantitative estimate of drug-likeness (QED) is 0.270. The fourth-order valence-electron chi connectivity index (χ4n) is 5.25. The Balaban J connectivity index is 1.38. The highest BCUT2D eigenvalue weighted by Gasteiger charge is 2.18. The number of likely N-dealkylation sites (N-methyl/N-ethyl adjacent to an activating group) is 1. The van der Waals surface area contributed by atoms with Gasteiger partial charge < -0.3 is 19.7 Å². The zero-order valence-electron chi connectivity index (χ0n) is 25.3. The topological polar surface area (TPSA) is 86.4 Å². The van der Waals surface area contributed by atoms with Crippen molar-refractivity contribution < 1.29 is 14.3 Å². The van der Waals surface area contributed by atoms with Gasteiger partial charge in [0.1, 0.15) is 12.4 Å². The van der Waals surface area contributed by atoms with Gasteiger partial charge in [0, 0.05) is 62.4 Å². The number of aryl methyl sites for hydroxylation is 2. The second kappa shape index (κ2) is 13.4. The monoisotopic (exact) mass is 570 g/mol. The standard InChI is InChI=1S/C33H42N6O3/c1-23-6-7-31(42-13-10-37(3)4)17-32(23)33(40)36-24(2)26-14-27(29-18-34-38(5)21-29)16-28(15-26)30-19-35-39(22-30)20-25-8-11-41-12-9-25/h6-7,14-19,21-22,24-25H,8-13,20H2,1-5H3,(H,36,40)/t24-/m1/s1. The average Bonchev–Trinajstić information content (AvgIpc) is 3.63. The first-order valence-corrected chi connectivity index (χ1v) is 14.7. The molecular weight excluding hydrogens is 528 g/mol. The normalized spacial score (nSPS) is 14.7. The lowest BCUT2D eigenvalue weighted by molar-refractivity contribution is 0.0601. The van der Waals surface area contributed by atoms with E-state index in [1.807, 2.05) is 76.5 Å². The van der Waals surface area contributed by atoms with Gasteiger partial charge in [0.25, 0.3) is 5.91 Å². The molecule has 42 heavy (non-hydrogen) atoms. The highest BCUT2D eigenvalue weighted by molar-refractivity contribution is 5.96. The summed E-state index contributed by atoms with van der Waals surface area (Å²) < 4.78 is 15.3. The van der Waals surface area contributed by atoms with Crippen LogP contribution in [0.25, 0.3) is 22.3 Å². The summed E-state index contributed by atoms with van der Waals surface area (Å²) in [5.74, 6) is 1.15. The number of rotatable bonds is 11. The number of aromatic nitrogens is 4. The van der Waals surface area contributed by atoms with Crippen LogP contribution in [0.5, 0.6) is 5.75 Å². The van der Waals surface area contributed by atoms with E-state index in [1.54, 1.807) is 4.68 Å². The lowest BCUT2D eigenvalue weighted by Crippen LogP contribution is -2.27. The van der Waals surface area contributed by atoms with Gasteiger partial charge in [0.15, 0.2) is 0 Å². The number of carbonyl (C=O) groups excluding carboxylic acids is 1. The van der Waals surface area contributed by atoms with Gasteiger partial charge in [-0.3, -0.25) is 14.2 Å². The van der Waals surface area contributed by atoms with E-state index in [0.29, 0.717) is 23.8 Å². The van der Waals surface area contributed by atoms with E-state index < -0.39 is 0 Å². The van der Waals surface area contributed by atoms with Crippen LogP contribution in [0.1, 0.15) is 47.3 Å². The van der Waals surface area contributed by atoms with Gasteiger partial charge >= 0.3 is 0 Å². The Morgan fingerprint density at radius 2 is 1.76 bits per heavy atom. The molecule has 1 atom stereocenters. The summed E-state index contributed by atoms with van der Waals surface area (Å²) in [6, 6.07) is 11.9. The fraction of sp³-hybridized carbons (Fsp3) is 0.424. The molecular formula is C33H42N6O3. The first-order valence-electron chi connectivity index (χ1n) is 14.7. The SMILES string of the molecule is Cc1ccc(OCCN(C)C)cc1C(=O)N[C@H](C)c1cc(-c2cnn(C)c2)cc(-c2cnn(CC3CCOCC3)c2)c1. The van der Waals surface area contributed by atoms with Crippen molar-refractivity contribution in [2.75, 3.05) is 40.5 Å². The maximum atomic E-state index is 13.5. The van der Waals surface area contributed by atoms with Gasteiger partial charge in [-0.25, -0.2) is 0 Å². The average molecular weight is 571 g/mol. The lowest BCUT2D eigenvalue weighted by Gasteiger charge is -2.21. The molecule has 0 aliphatic carbocycles. The maximum absolute atomic E-state index is 13.5. The van der Waals surface area contributed by atoms with E-state index in [-0.39, 0.29) is 11.9 Å². The second-order valence-corrected chi connectivity index (χ2v) is 11.6. The van der Waals surface area contributed by atoms with Crippen LogP contribution in [0.4, 0.5) is 0 Å². The lowest BCUT2D eigenvalue weighted by atomic mass is 9.95. The van der Waals surface area contributed by atoms with Gasteiger partial charge in [-0.05, 0) is 99.3 Å². The largest absolute Gasteiger partial charge is 0.492 e. The molecule has 0 saturated carbocycles. The first-order chi connectivity index (χ1) is 20.2. The molecule has 9 nitrogen and oxygen atoms in total. The molecule has 1 fully saturated rings. The zero-order chi connectivity index (χ0) is 29.6. The molecule has 1 amide bonds. The molecule has 1 N–H and O–H groups in total. The van der Waals surface area contributed by atoms with Gasteiger partial charge in [0.05, 0.1) is 18.4 Å². The highest BCUT2D eigenvalue weighted by Crippen LogP contribution is 2.31. The predicted octanol–water partition coefficient (Wildman–Crippen LogP) is 5.12. The maximum Gasteiger partial charge on any atom is 0.252 e. The number of nitrogens with one attached hydrogen (secondary N) is 1. The molecule has 2 aromatic heterocycles. The molecule has 4 aromatic rings. The summed E-state index contributed by atoms with van der Waals surface area (Å²) in [6.45, 7) is 7.87. The molecule has 0 unspecified atom stereocenters. The van der Waals surface area contributed by atoms with E-state index in [4.69, 9.17) is 9.47 Å². The molecule has 5 rings (SSSR count). The van der Waals surface area contributed by atoms with E-state index in [0.717, 1.165) is 72.5 Å². The second-order valence-electron chi connectivity index (χ2n) is 11.6. The van der Waals surface area contributed by atoms with Crippen molar-refractivity contribution >= 4 is 5.91 Å². The summed E-state index contributed by atoms with van der Waals surface area (Å²) in [7, 11) is 5.93. The first kappa shape index (κ1) is 29.5. The molecule has 1 aliphatic heterocycles. The number of carbonyl (C=O) groups is 1. The van der Waals surface area contributed by atoms with Gasteiger partial charge in [-0.15, -0.1) is 0 Å². The molecule has 3 heterocycles. The minimum Gasteiger partial charge on any atom is -0.492 e. The minimum absolute atomic E-state index is 0.129. The van der Waals surface area contributed by atoms with E-state index >= 15 is 0 Å². The smallest absolute Gasteiger partial charge is 0.252 e. The van der Waals surface area contributed by atoms with E-state index in [2.05, 4.69) is 44.8 Å². The Morgan fingerprint density at radius 1 is 1.05 bits per heavy atom. The number of amides is 1. The van der Waals surface area contributed by atoms with Gasteiger partial charge in [-0.1, -0.05) is 6.07 Å². The Hall–Kier alpha value is -3.95. The van der Waals surface area contributed by atoms with E-state index in [1.165, 1.54) is 0 Å².